The van der Waals surface area contributed by atoms with E-state index in [1.165, 1.54) is 24.5 Å². The molecule has 0 unspecified atom stereocenters. The summed E-state index contributed by atoms with van der Waals surface area (Å²) in [5.74, 6) is -0.227. The molecule has 0 spiro atoms. The highest BCUT2D eigenvalue weighted by Crippen LogP contribution is 2.02. The van der Waals surface area contributed by atoms with Gasteiger partial charge in [0.1, 0.15) is 12.4 Å². The second-order valence-corrected chi connectivity index (χ2v) is 2.89. The second-order valence-electron chi connectivity index (χ2n) is 2.89. The topological polar surface area (TPSA) is 144 Å². The summed E-state index contributed by atoms with van der Waals surface area (Å²) in [6.07, 6.45) is 2.77. The number of aromatic nitrogens is 2. The Bertz CT molecular complexity index is 470. The molecule has 0 fully saturated rings. The molecule has 0 aliphatic carbocycles. The first-order valence-electron chi connectivity index (χ1n) is 4.72. The lowest BCUT2D eigenvalue weighted by Gasteiger charge is -1.86. The lowest BCUT2D eigenvalue weighted by molar-refractivity contribution is -0.389. The van der Waals surface area contributed by atoms with Crippen molar-refractivity contribution in [1.29, 1.82) is 0 Å². The van der Waals surface area contributed by atoms with Gasteiger partial charge >= 0.3 is 11.6 Å². The molecule has 9 nitrogen and oxygen atoms in total. The normalized spacial score (nSPS) is 8.42. The van der Waals surface area contributed by atoms with Gasteiger partial charge in [0, 0.05) is 12.1 Å². The smallest absolute Gasteiger partial charge is 0.363 e. The summed E-state index contributed by atoms with van der Waals surface area (Å²) in [5, 5.41) is 19.9. The minimum atomic E-state index is -0.528. The second kappa shape index (κ2) is 8.20. The van der Waals surface area contributed by atoms with E-state index < -0.39 is 9.85 Å². The van der Waals surface area contributed by atoms with E-state index in [4.69, 9.17) is 0 Å². The largest absolute Gasteiger partial charge is 0.412 e. The molecule has 0 saturated heterocycles. The lowest BCUT2D eigenvalue weighted by atomic mass is 10.5. The minimum absolute atomic E-state index is 0. The zero-order valence-electron chi connectivity index (χ0n) is 9.54. The fourth-order valence-corrected chi connectivity index (χ4v) is 0.923. The molecule has 2 heterocycles. The van der Waals surface area contributed by atoms with E-state index in [0.29, 0.717) is 0 Å². The monoisotopic (exact) mass is 266 g/mol. The number of hydrogen-bond donors (Lipinski definition) is 0. The van der Waals surface area contributed by atoms with Crippen LogP contribution >= 0.6 is 0 Å². The van der Waals surface area contributed by atoms with Gasteiger partial charge in [-0.15, -0.1) is 0 Å². The van der Waals surface area contributed by atoms with Crippen molar-refractivity contribution in [3.63, 3.8) is 0 Å². The molecule has 0 aliphatic heterocycles. The fraction of sp³-hybridized carbons (Fsp3) is 0. The van der Waals surface area contributed by atoms with E-state index in [0.717, 1.165) is 0 Å². The molecule has 19 heavy (non-hydrogen) atoms. The van der Waals surface area contributed by atoms with Crippen LogP contribution in [0, 0.1) is 20.2 Å². The van der Waals surface area contributed by atoms with Crippen LogP contribution in [0.5, 0.6) is 0 Å². The van der Waals surface area contributed by atoms with Crippen molar-refractivity contribution in [3.05, 3.63) is 69.0 Å². The highest BCUT2D eigenvalue weighted by molar-refractivity contribution is 5.16. The predicted molar refractivity (Wildman–Crippen MR) is 65.4 cm³/mol. The molecule has 0 saturated carbocycles. The zero-order chi connectivity index (χ0) is 13.4. The molecule has 2 N–H and O–H groups in total. The highest BCUT2D eigenvalue weighted by Gasteiger charge is 2.00. The van der Waals surface area contributed by atoms with Crippen LogP contribution in [0.4, 0.5) is 11.6 Å². The van der Waals surface area contributed by atoms with Gasteiger partial charge in [-0.3, -0.25) is 0 Å². The molecular weight excluding hydrogens is 256 g/mol. The Balaban J connectivity index is 0.000000324. The summed E-state index contributed by atoms with van der Waals surface area (Å²) < 4.78 is 0. The molecule has 0 bridgehead atoms. The van der Waals surface area contributed by atoms with E-state index in [9.17, 15) is 20.2 Å². The Morgan fingerprint density at radius 3 is 1.32 bits per heavy atom. The predicted octanol–water partition coefficient (Wildman–Crippen LogP) is 1.15. The molecule has 0 atom stereocenters. The summed E-state index contributed by atoms with van der Waals surface area (Å²) in [4.78, 5) is 25.8. The van der Waals surface area contributed by atoms with Gasteiger partial charge in [0.15, 0.2) is 0 Å². The molecule has 0 radical (unpaired) electrons. The van der Waals surface area contributed by atoms with Crippen molar-refractivity contribution in [2.24, 2.45) is 0 Å². The molecule has 0 aromatic carbocycles. The van der Waals surface area contributed by atoms with Crippen molar-refractivity contribution in [3.8, 4) is 0 Å². The highest BCUT2D eigenvalue weighted by atomic mass is 16.6. The maximum atomic E-state index is 9.94. The van der Waals surface area contributed by atoms with Gasteiger partial charge in [0.25, 0.3) is 0 Å². The van der Waals surface area contributed by atoms with Crippen LogP contribution in [-0.2, 0) is 0 Å². The first-order chi connectivity index (χ1) is 8.61. The number of nitrogens with zero attached hydrogens (tertiary/aromatic N) is 4. The average Bonchev–Trinajstić information content (AvgIpc) is 2.41. The van der Waals surface area contributed by atoms with Gasteiger partial charge in [-0.05, 0) is 31.9 Å². The average molecular weight is 266 g/mol. The third-order valence-electron chi connectivity index (χ3n) is 1.67. The first-order valence-corrected chi connectivity index (χ1v) is 4.72. The molecular formula is C10H10N4O5. The van der Waals surface area contributed by atoms with Crippen LogP contribution in [0.1, 0.15) is 0 Å². The standard InChI is InChI=1S/2C5H4N2O2.H2O/c2*8-7(9)5-3-1-2-4-6-5;/h2*1-4H;1H2. The summed E-state index contributed by atoms with van der Waals surface area (Å²) in [6, 6.07) is 9.11. The summed E-state index contributed by atoms with van der Waals surface area (Å²) in [7, 11) is 0. The van der Waals surface area contributed by atoms with Gasteiger partial charge in [0.05, 0.1) is 0 Å². The van der Waals surface area contributed by atoms with Gasteiger partial charge in [0.2, 0.25) is 0 Å². The van der Waals surface area contributed by atoms with E-state index in [-0.39, 0.29) is 17.1 Å². The number of nitro groups is 2. The maximum absolute atomic E-state index is 9.94. The Labute approximate surface area is 107 Å². The van der Waals surface area contributed by atoms with Gasteiger partial charge < -0.3 is 25.7 Å². The van der Waals surface area contributed by atoms with Crippen molar-refractivity contribution in [2.45, 2.75) is 0 Å². The molecule has 2 rings (SSSR count). The van der Waals surface area contributed by atoms with Crippen LogP contribution in [0.25, 0.3) is 0 Å². The number of pyridine rings is 2. The fourth-order valence-electron chi connectivity index (χ4n) is 0.923. The van der Waals surface area contributed by atoms with Gasteiger partial charge in [-0.1, -0.05) is 12.1 Å². The van der Waals surface area contributed by atoms with Crippen molar-refractivity contribution in [1.82, 2.24) is 9.97 Å². The number of rotatable bonds is 2. The third kappa shape index (κ3) is 5.79. The Hall–Kier alpha value is -2.94. The van der Waals surface area contributed by atoms with E-state index in [1.807, 2.05) is 0 Å². The van der Waals surface area contributed by atoms with Gasteiger partial charge in [-0.2, -0.15) is 0 Å². The van der Waals surface area contributed by atoms with E-state index in [1.54, 1.807) is 24.3 Å². The van der Waals surface area contributed by atoms with Crippen molar-refractivity contribution >= 4 is 11.6 Å². The lowest BCUT2D eigenvalue weighted by Crippen LogP contribution is -1.88. The maximum Gasteiger partial charge on any atom is 0.363 e. The van der Waals surface area contributed by atoms with Crippen LogP contribution in [-0.4, -0.2) is 25.3 Å². The van der Waals surface area contributed by atoms with Crippen LogP contribution < -0.4 is 0 Å². The molecule has 100 valence electrons. The van der Waals surface area contributed by atoms with Crippen LogP contribution in [0.15, 0.2) is 48.8 Å². The third-order valence-corrected chi connectivity index (χ3v) is 1.67. The quantitative estimate of drug-likeness (QED) is 0.589. The Morgan fingerprint density at radius 1 is 0.789 bits per heavy atom. The minimum Gasteiger partial charge on any atom is -0.412 e. The molecule has 0 amide bonds. The molecule has 2 aromatic heterocycles. The summed E-state index contributed by atoms with van der Waals surface area (Å²) >= 11 is 0. The van der Waals surface area contributed by atoms with Crippen molar-refractivity contribution < 1.29 is 15.3 Å². The van der Waals surface area contributed by atoms with Crippen molar-refractivity contribution in [2.75, 3.05) is 0 Å². The van der Waals surface area contributed by atoms with E-state index >= 15 is 0 Å². The molecule has 2 aromatic rings. The Morgan fingerprint density at radius 2 is 1.16 bits per heavy atom. The molecule has 9 heteroatoms. The number of hydrogen-bond acceptors (Lipinski definition) is 6. The molecule has 0 aliphatic rings. The summed E-state index contributed by atoms with van der Waals surface area (Å²) in [5.41, 5.74) is 0. The Kier molecular flexibility index (Phi) is 6.93. The SMILES string of the molecule is O.O=[N+]([O-])c1ccccn1.O=[N+]([O-])c1ccccn1. The summed E-state index contributed by atoms with van der Waals surface area (Å²) in [6.45, 7) is 0. The van der Waals surface area contributed by atoms with Crippen LogP contribution in [0.2, 0.25) is 0 Å². The zero-order valence-corrected chi connectivity index (χ0v) is 9.54. The van der Waals surface area contributed by atoms with Gasteiger partial charge in [-0.25, -0.2) is 0 Å². The first kappa shape index (κ1) is 16.1. The van der Waals surface area contributed by atoms with Crippen LogP contribution in [0.3, 0.4) is 0 Å². The van der Waals surface area contributed by atoms with E-state index in [2.05, 4.69) is 9.97 Å².